The fourth-order valence-corrected chi connectivity index (χ4v) is 1.51. The number of benzene rings is 1. The lowest BCUT2D eigenvalue weighted by Gasteiger charge is -2.09. The number of carbonyl (C=O) groups is 1. The Morgan fingerprint density at radius 2 is 2.17 bits per heavy atom. The average molecular weight is 293 g/mol. The number of amides is 1. The monoisotopic (exact) mass is 292 g/mol. The molecule has 0 saturated carbocycles. The molecule has 0 bridgehead atoms. The van der Waals surface area contributed by atoms with E-state index in [0.29, 0.717) is 23.1 Å². The Kier molecular flexibility index (Phi) is 8.54. The smallest absolute Gasteiger partial charge is 0.238 e. The number of hydrogen-bond donors (Lipinski definition) is 2. The molecule has 1 aromatic rings. The van der Waals surface area contributed by atoms with Gasteiger partial charge in [-0.15, -0.1) is 12.4 Å². The molecule has 102 valence electrons. The maximum Gasteiger partial charge on any atom is 0.238 e. The maximum absolute atomic E-state index is 11.3. The first-order valence-corrected chi connectivity index (χ1v) is 5.92. The van der Waals surface area contributed by atoms with Gasteiger partial charge in [-0.3, -0.25) is 4.79 Å². The van der Waals surface area contributed by atoms with Crippen LogP contribution in [-0.2, 0) is 4.79 Å². The normalized spacial score (nSPS) is 9.50. The maximum atomic E-state index is 11.3. The van der Waals surface area contributed by atoms with Gasteiger partial charge in [-0.25, -0.2) is 0 Å². The molecule has 6 heteroatoms. The van der Waals surface area contributed by atoms with Gasteiger partial charge in [0.2, 0.25) is 5.91 Å². The number of rotatable bonds is 6. The summed E-state index contributed by atoms with van der Waals surface area (Å²) in [6.07, 6.45) is 0.928. The standard InChI is InChI=1S/C12H17ClN2O2.ClH/c1-3-6-17-11-5-4-9(7-10(11)13)15-12(16)8-14-2;/h4-5,7,14H,3,6,8H2,1-2H3,(H,15,16);1H. The number of likely N-dealkylation sites (N-methyl/N-ethyl adjacent to an activating group) is 1. The number of anilines is 1. The second-order valence-corrected chi connectivity index (χ2v) is 3.98. The second-order valence-electron chi connectivity index (χ2n) is 3.57. The van der Waals surface area contributed by atoms with E-state index in [0.717, 1.165) is 6.42 Å². The third kappa shape index (κ3) is 5.58. The number of ether oxygens (including phenoxy) is 1. The molecule has 0 aliphatic carbocycles. The van der Waals surface area contributed by atoms with Crippen LogP contribution in [0, 0.1) is 0 Å². The van der Waals surface area contributed by atoms with Crippen LogP contribution in [0.1, 0.15) is 13.3 Å². The van der Waals surface area contributed by atoms with Crippen LogP contribution in [0.4, 0.5) is 5.69 Å². The molecule has 0 saturated heterocycles. The van der Waals surface area contributed by atoms with Gasteiger partial charge in [-0.05, 0) is 31.7 Å². The molecule has 0 heterocycles. The summed E-state index contributed by atoms with van der Waals surface area (Å²) in [5.41, 5.74) is 0.666. The lowest BCUT2D eigenvalue weighted by molar-refractivity contribution is -0.115. The van der Waals surface area contributed by atoms with Crippen LogP contribution in [-0.4, -0.2) is 26.1 Å². The summed E-state index contributed by atoms with van der Waals surface area (Å²) >= 11 is 6.03. The Labute approximate surface area is 118 Å². The van der Waals surface area contributed by atoms with E-state index in [-0.39, 0.29) is 24.9 Å². The summed E-state index contributed by atoms with van der Waals surface area (Å²) in [7, 11) is 1.72. The predicted molar refractivity (Wildman–Crippen MR) is 77.0 cm³/mol. The minimum Gasteiger partial charge on any atom is -0.492 e. The zero-order valence-corrected chi connectivity index (χ0v) is 12.0. The van der Waals surface area contributed by atoms with Gasteiger partial charge in [0, 0.05) is 5.69 Å². The van der Waals surface area contributed by atoms with Gasteiger partial charge in [0.15, 0.2) is 0 Å². The summed E-state index contributed by atoms with van der Waals surface area (Å²) in [4.78, 5) is 11.3. The minimum atomic E-state index is -0.106. The zero-order valence-electron chi connectivity index (χ0n) is 10.5. The second kappa shape index (κ2) is 9.03. The highest BCUT2D eigenvalue weighted by Gasteiger charge is 2.05. The van der Waals surface area contributed by atoms with Crippen molar-refractivity contribution in [3.05, 3.63) is 23.2 Å². The van der Waals surface area contributed by atoms with Crippen molar-refractivity contribution in [1.82, 2.24) is 5.32 Å². The third-order valence-corrected chi connectivity index (χ3v) is 2.31. The lowest BCUT2D eigenvalue weighted by Crippen LogP contribution is -2.24. The summed E-state index contributed by atoms with van der Waals surface area (Å²) in [5, 5.41) is 6.00. The Hall–Kier alpha value is -0.970. The first kappa shape index (κ1) is 17.0. The number of hydrogen-bond acceptors (Lipinski definition) is 3. The third-order valence-electron chi connectivity index (χ3n) is 2.01. The molecule has 0 aliphatic rings. The Morgan fingerprint density at radius 1 is 1.44 bits per heavy atom. The van der Waals surface area contributed by atoms with Crippen LogP contribution in [0.5, 0.6) is 5.75 Å². The summed E-state index contributed by atoms with van der Waals surface area (Å²) in [6, 6.07) is 5.21. The SMILES string of the molecule is CCCOc1ccc(NC(=O)CNC)cc1Cl.Cl. The van der Waals surface area contributed by atoms with Gasteiger partial charge in [0.05, 0.1) is 18.2 Å². The Bertz CT molecular complexity index is 386. The van der Waals surface area contributed by atoms with E-state index in [1.165, 1.54) is 0 Å². The van der Waals surface area contributed by atoms with Crippen LogP contribution < -0.4 is 15.4 Å². The fraction of sp³-hybridized carbons (Fsp3) is 0.417. The molecule has 0 fully saturated rings. The van der Waals surface area contributed by atoms with Gasteiger partial charge in [-0.1, -0.05) is 18.5 Å². The van der Waals surface area contributed by atoms with Crippen LogP contribution in [0.3, 0.4) is 0 Å². The number of nitrogens with one attached hydrogen (secondary N) is 2. The van der Waals surface area contributed by atoms with E-state index in [9.17, 15) is 4.79 Å². The van der Waals surface area contributed by atoms with Crippen molar-refractivity contribution in [3.63, 3.8) is 0 Å². The van der Waals surface area contributed by atoms with Crippen LogP contribution in [0.2, 0.25) is 5.02 Å². The fourth-order valence-electron chi connectivity index (χ4n) is 1.27. The Balaban J connectivity index is 0.00000289. The van der Waals surface area contributed by atoms with E-state index in [1.54, 1.807) is 25.2 Å². The molecule has 0 radical (unpaired) electrons. The van der Waals surface area contributed by atoms with Gasteiger partial charge < -0.3 is 15.4 Å². The molecule has 1 amide bonds. The quantitative estimate of drug-likeness (QED) is 0.848. The molecule has 0 unspecified atom stereocenters. The van der Waals surface area contributed by atoms with Crippen molar-refractivity contribution in [3.8, 4) is 5.75 Å². The van der Waals surface area contributed by atoms with E-state index < -0.39 is 0 Å². The zero-order chi connectivity index (χ0) is 12.7. The molecule has 1 aromatic carbocycles. The number of halogens is 2. The topological polar surface area (TPSA) is 50.4 Å². The van der Waals surface area contributed by atoms with E-state index >= 15 is 0 Å². The lowest BCUT2D eigenvalue weighted by atomic mass is 10.3. The van der Waals surface area contributed by atoms with Gasteiger partial charge >= 0.3 is 0 Å². The molecule has 2 N–H and O–H groups in total. The highest BCUT2D eigenvalue weighted by molar-refractivity contribution is 6.32. The van der Waals surface area contributed by atoms with Gasteiger partial charge in [0.1, 0.15) is 5.75 Å². The number of carbonyl (C=O) groups excluding carboxylic acids is 1. The largest absolute Gasteiger partial charge is 0.492 e. The first-order chi connectivity index (χ1) is 8.17. The van der Waals surface area contributed by atoms with Crippen molar-refractivity contribution in [2.75, 3.05) is 25.5 Å². The summed E-state index contributed by atoms with van der Waals surface area (Å²) < 4.78 is 5.44. The average Bonchev–Trinajstić information content (AvgIpc) is 2.28. The van der Waals surface area contributed by atoms with Crippen LogP contribution >= 0.6 is 24.0 Å². The van der Waals surface area contributed by atoms with E-state index in [2.05, 4.69) is 10.6 Å². The summed E-state index contributed by atoms with van der Waals surface area (Å²) in [6.45, 7) is 2.93. The van der Waals surface area contributed by atoms with Crippen molar-refractivity contribution in [1.29, 1.82) is 0 Å². The first-order valence-electron chi connectivity index (χ1n) is 5.54. The molecule has 1 rings (SSSR count). The molecule has 0 spiro atoms. The minimum absolute atomic E-state index is 0. The van der Waals surface area contributed by atoms with Crippen molar-refractivity contribution in [2.45, 2.75) is 13.3 Å². The molecule has 0 aromatic heterocycles. The molecular formula is C12H18Cl2N2O2. The molecule has 0 aliphatic heterocycles. The summed E-state index contributed by atoms with van der Waals surface area (Å²) in [5.74, 6) is 0.533. The van der Waals surface area contributed by atoms with E-state index in [1.807, 2.05) is 6.92 Å². The Morgan fingerprint density at radius 3 is 2.72 bits per heavy atom. The van der Waals surface area contributed by atoms with E-state index in [4.69, 9.17) is 16.3 Å². The molecule has 0 atom stereocenters. The van der Waals surface area contributed by atoms with Gasteiger partial charge in [-0.2, -0.15) is 0 Å². The molecular weight excluding hydrogens is 275 g/mol. The van der Waals surface area contributed by atoms with Crippen LogP contribution in [0.15, 0.2) is 18.2 Å². The highest BCUT2D eigenvalue weighted by Crippen LogP contribution is 2.27. The highest BCUT2D eigenvalue weighted by atomic mass is 35.5. The van der Waals surface area contributed by atoms with Crippen molar-refractivity contribution < 1.29 is 9.53 Å². The molecule has 4 nitrogen and oxygen atoms in total. The van der Waals surface area contributed by atoms with Gasteiger partial charge in [0.25, 0.3) is 0 Å². The predicted octanol–water partition coefficient (Wildman–Crippen LogP) is 2.71. The van der Waals surface area contributed by atoms with Crippen molar-refractivity contribution >= 4 is 35.6 Å². The molecule has 18 heavy (non-hydrogen) atoms. The van der Waals surface area contributed by atoms with Crippen molar-refractivity contribution in [2.24, 2.45) is 0 Å². The van der Waals surface area contributed by atoms with Crippen LogP contribution in [0.25, 0.3) is 0 Å².